The summed E-state index contributed by atoms with van der Waals surface area (Å²) in [5.41, 5.74) is 3.09. The van der Waals surface area contributed by atoms with Crippen LogP contribution in [-0.4, -0.2) is 12.5 Å². The number of amides is 1. The quantitative estimate of drug-likeness (QED) is 0.847. The van der Waals surface area contributed by atoms with Gasteiger partial charge in [-0.25, -0.2) is 0 Å². The van der Waals surface area contributed by atoms with Crippen molar-refractivity contribution >= 4 is 28.6 Å². The van der Waals surface area contributed by atoms with E-state index in [1.807, 2.05) is 43.5 Å². The number of carbonyl (C=O) groups excluding carboxylic acids is 1. The number of rotatable bonds is 6. The van der Waals surface area contributed by atoms with Crippen LogP contribution in [0.25, 0.3) is 0 Å². The molecule has 0 bridgehead atoms. The van der Waals surface area contributed by atoms with Gasteiger partial charge in [-0.3, -0.25) is 4.79 Å². The molecular formula is C16H20N2O2S. The lowest BCUT2D eigenvalue weighted by molar-refractivity contribution is -0.114. The molecular weight excluding hydrogens is 284 g/mol. The molecule has 1 heterocycles. The van der Waals surface area contributed by atoms with Crippen molar-refractivity contribution in [2.75, 3.05) is 17.2 Å². The maximum atomic E-state index is 11.1. The van der Waals surface area contributed by atoms with Gasteiger partial charge in [-0.15, -0.1) is 11.3 Å². The highest BCUT2D eigenvalue weighted by atomic mass is 32.1. The number of ether oxygens (including phenoxy) is 1. The highest BCUT2D eigenvalue weighted by Gasteiger charge is 2.07. The van der Waals surface area contributed by atoms with E-state index in [1.165, 1.54) is 6.92 Å². The van der Waals surface area contributed by atoms with E-state index in [0.29, 0.717) is 13.2 Å². The fourth-order valence-electron chi connectivity index (χ4n) is 2.04. The van der Waals surface area contributed by atoms with Gasteiger partial charge < -0.3 is 15.4 Å². The van der Waals surface area contributed by atoms with Gasteiger partial charge in [0.25, 0.3) is 0 Å². The first kappa shape index (κ1) is 15.4. The molecule has 21 heavy (non-hydrogen) atoms. The van der Waals surface area contributed by atoms with Crippen molar-refractivity contribution in [1.29, 1.82) is 0 Å². The molecule has 0 saturated carbocycles. The van der Waals surface area contributed by atoms with Crippen molar-refractivity contribution in [2.24, 2.45) is 0 Å². The molecule has 0 radical (unpaired) electrons. The summed E-state index contributed by atoms with van der Waals surface area (Å²) < 4.78 is 5.48. The van der Waals surface area contributed by atoms with Gasteiger partial charge in [0, 0.05) is 17.5 Å². The summed E-state index contributed by atoms with van der Waals surface area (Å²) in [5.74, 6) is 0.836. The van der Waals surface area contributed by atoms with Crippen molar-refractivity contribution in [3.05, 3.63) is 40.1 Å². The Hall–Kier alpha value is -2.01. The maximum Gasteiger partial charge on any atom is 0.221 e. The van der Waals surface area contributed by atoms with Crippen molar-refractivity contribution in [1.82, 2.24) is 0 Å². The molecule has 0 fully saturated rings. The zero-order valence-corrected chi connectivity index (χ0v) is 13.3. The van der Waals surface area contributed by atoms with E-state index in [2.05, 4.69) is 10.6 Å². The van der Waals surface area contributed by atoms with Gasteiger partial charge in [0.2, 0.25) is 5.91 Å². The fraction of sp³-hybridized carbons (Fsp3) is 0.312. The highest BCUT2D eigenvalue weighted by Crippen LogP contribution is 2.26. The lowest BCUT2D eigenvalue weighted by Gasteiger charge is -2.12. The zero-order valence-electron chi connectivity index (χ0n) is 12.5. The van der Waals surface area contributed by atoms with Gasteiger partial charge in [0.1, 0.15) is 5.75 Å². The molecule has 0 atom stereocenters. The Balaban J connectivity index is 2.03. The number of nitrogens with one attached hydrogen (secondary N) is 2. The molecule has 1 amide bonds. The van der Waals surface area contributed by atoms with Gasteiger partial charge in [-0.05, 0) is 49.1 Å². The fourth-order valence-corrected chi connectivity index (χ4v) is 2.81. The molecule has 5 heteroatoms. The predicted octanol–water partition coefficient (Wildman–Crippen LogP) is 4.03. The average Bonchev–Trinajstić information content (AvgIpc) is 2.85. The highest BCUT2D eigenvalue weighted by molar-refractivity contribution is 7.10. The van der Waals surface area contributed by atoms with Crippen LogP contribution in [0.4, 0.5) is 11.4 Å². The minimum atomic E-state index is -0.0492. The Bertz CT molecular complexity index is 622. The van der Waals surface area contributed by atoms with Gasteiger partial charge in [-0.1, -0.05) is 0 Å². The molecule has 1 aromatic heterocycles. The lowest BCUT2D eigenvalue weighted by atomic mass is 10.2. The van der Waals surface area contributed by atoms with Crippen molar-refractivity contribution in [3.63, 3.8) is 0 Å². The van der Waals surface area contributed by atoms with E-state index in [4.69, 9.17) is 4.74 Å². The van der Waals surface area contributed by atoms with Gasteiger partial charge in [0.15, 0.2) is 0 Å². The molecule has 4 nitrogen and oxygen atoms in total. The molecule has 1 aromatic carbocycles. The van der Waals surface area contributed by atoms with E-state index in [1.54, 1.807) is 11.3 Å². The standard InChI is InChI=1S/C16H20N2O2S/c1-4-20-13-5-6-14(11(2)9-13)17-10-16-15(7-8-21-16)18-12(3)19/h5-9,17H,4,10H2,1-3H3,(H,18,19). The third-order valence-corrected chi connectivity index (χ3v) is 3.93. The van der Waals surface area contributed by atoms with E-state index < -0.39 is 0 Å². The van der Waals surface area contributed by atoms with Crippen molar-refractivity contribution < 1.29 is 9.53 Å². The van der Waals surface area contributed by atoms with E-state index in [-0.39, 0.29) is 5.91 Å². The molecule has 0 saturated heterocycles. The first-order valence-corrected chi connectivity index (χ1v) is 7.79. The minimum absolute atomic E-state index is 0.0492. The molecule has 2 N–H and O–H groups in total. The monoisotopic (exact) mass is 304 g/mol. The summed E-state index contributed by atoms with van der Waals surface area (Å²) in [7, 11) is 0. The van der Waals surface area contributed by atoms with E-state index >= 15 is 0 Å². The van der Waals surface area contributed by atoms with E-state index in [0.717, 1.165) is 27.6 Å². The van der Waals surface area contributed by atoms with Crippen LogP contribution in [0.15, 0.2) is 29.6 Å². The normalized spacial score (nSPS) is 10.2. The second kappa shape index (κ2) is 7.13. The number of anilines is 2. The lowest BCUT2D eigenvalue weighted by Crippen LogP contribution is -2.08. The topological polar surface area (TPSA) is 50.4 Å². The summed E-state index contributed by atoms with van der Waals surface area (Å²) in [5, 5.41) is 8.22. The predicted molar refractivity (Wildman–Crippen MR) is 88.3 cm³/mol. The van der Waals surface area contributed by atoms with Crippen LogP contribution in [0.3, 0.4) is 0 Å². The van der Waals surface area contributed by atoms with Crippen molar-refractivity contribution in [2.45, 2.75) is 27.3 Å². The smallest absolute Gasteiger partial charge is 0.221 e. The maximum absolute atomic E-state index is 11.1. The Morgan fingerprint density at radius 3 is 2.76 bits per heavy atom. The Morgan fingerprint density at radius 2 is 2.10 bits per heavy atom. The second-order valence-corrected chi connectivity index (χ2v) is 5.70. The molecule has 0 unspecified atom stereocenters. The largest absolute Gasteiger partial charge is 0.494 e. The summed E-state index contributed by atoms with van der Waals surface area (Å²) >= 11 is 1.63. The first-order chi connectivity index (χ1) is 10.1. The average molecular weight is 304 g/mol. The van der Waals surface area contributed by atoms with Crippen LogP contribution in [0.1, 0.15) is 24.3 Å². The minimum Gasteiger partial charge on any atom is -0.494 e. The SMILES string of the molecule is CCOc1ccc(NCc2sccc2NC(C)=O)c(C)c1. The summed E-state index contributed by atoms with van der Waals surface area (Å²) in [6, 6.07) is 7.93. The molecule has 2 rings (SSSR count). The number of aryl methyl sites for hydroxylation is 1. The Morgan fingerprint density at radius 1 is 1.29 bits per heavy atom. The molecule has 0 aliphatic rings. The number of thiophene rings is 1. The summed E-state index contributed by atoms with van der Waals surface area (Å²) in [6.07, 6.45) is 0. The van der Waals surface area contributed by atoms with Gasteiger partial charge in [0.05, 0.1) is 18.8 Å². The van der Waals surface area contributed by atoms with Crippen LogP contribution < -0.4 is 15.4 Å². The molecule has 0 aliphatic carbocycles. The van der Waals surface area contributed by atoms with Crippen LogP contribution in [0, 0.1) is 6.92 Å². The van der Waals surface area contributed by atoms with Crippen LogP contribution in [-0.2, 0) is 11.3 Å². The third-order valence-electron chi connectivity index (χ3n) is 3.00. The second-order valence-electron chi connectivity index (χ2n) is 4.70. The third kappa shape index (κ3) is 4.23. The molecule has 112 valence electrons. The van der Waals surface area contributed by atoms with E-state index in [9.17, 15) is 4.79 Å². The number of hydrogen-bond donors (Lipinski definition) is 2. The first-order valence-electron chi connectivity index (χ1n) is 6.91. The van der Waals surface area contributed by atoms with Crippen LogP contribution in [0.5, 0.6) is 5.75 Å². The summed E-state index contributed by atoms with van der Waals surface area (Å²) in [4.78, 5) is 12.3. The van der Waals surface area contributed by atoms with Gasteiger partial charge >= 0.3 is 0 Å². The Labute approximate surface area is 129 Å². The molecule has 0 spiro atoms. The Kier molecular flexibility index (Phi) is 5.22. The van der Waals surface area contributed by atoms with Crippen LogP contribution in [0.2, 0.25) is 0 Å². The van der Waals surface area contributed by atoms with Crippen molar-refractivity contribution in [3.8, 4) is 5.75 Å². The molecule has 0 aliphatic heterocycles. The number of benzene rings is 1. The number of hydrogen-bond acceptors (Lipinski definition) is 4. The van der Waals surface area contributed by atoms with Gasteiger partial charge in [-0.2, -0.15) is 0 Å². The molecule has 2 aromatic rings. The van der Waals surface area contributed by atoms with Crippen LogP contribution >= 0.6 is 11.3 Å². The number of carbonyl (C=O) groups is 1. The summed E-state index contributed by atoms with van der Waals surface area (Å²) in [6.45, 7) is 6.89. The zero-order chi connectivity index (χ0) is 15.2.